The summed E-state index contributed by atoms with van der Waals surface area (Å²) >= 11 is 1.71. The summed E-state index contributed by atoms with van der Waals surface area (Å²) < 4.78 is 6.52. The van der Waals surface area contributed by atoms with Gasteiger partial charge in [0.05, 0.1) is 13.2 Å². The first kappa shape index (κ1) is 26.1. The number of morpholine rings is 1. The molecular weight excluding hydrogens is 506 g/mol. The van der Waals surface area contributed by atoms with E-state index in [9.17, 15) is 10.0 Å². The van der Waals surface area contributed by atoms with E-state index in [1.807, 2.05) is 18.2 Å². The molecule has 3 aromatic carbocycles. The molecule has 6 nitrogen and oxygen atoms in total. The van der Waals surface area contributed by atoms with E-state index in [1.54, 1.807) is 17.4 Å². The molecule has 202 valence electrons. The molecular formula is C32H35N3O3S. The van der Waals surface area contributed by atoms with Gasteiger partial charge < -0.3 is 14.7 Å². The van der Waals surface area contributed by atoms with E-state index in [4.69, 9.17) is 4.74 Å². The van der Waals surface area contributed by atoms with Gasteiger partial charge in [0.1, 0.15) is 11.4 Å². The van der Waals surface area contributed by atoms with Crippen molar-refractivity contribution in [3.05, 3.63) is 87.8 Å². The highest BCUT2D eigenvalue weighted by Gasteiger charge is 2.18. The van der Waals surface area contributed by atoms with Crippen molar-refractivity contribution in [2.75, 3.05) is 45.9 Å². The lowest BCUT2D eigenvalue weighted by molar-refractivity contribution is 0.0342. The van der Waals surface area contributed by atoms with Crippen molar-refractivity contribution in [3.8, 4) is 16.2 Å². The van der Waals surface area contributed by atoms with Crippen LogP contribution in [0.2, 0.25) is 0 Å². The fraction of sp³-hybridized carbons (Fsp3) is 0.375. The molecule has 2 saturated heterocycles. The Morgan fingerprint density at radius 3 is 2.41 bits per heavy atom. The fourth-order valence-corrected chi connectivity index (χ4v) is 7.07. The summed E-state index contributed by atoms with van der Waals surface area (Å²) in [4.78, 5) is 17.9. The minimum absolute atomic E-state index is 0.277. The number of nitroso groups, excluding NO2 is 1. The van der Waals surface area contributed by atoms with Crippen molar-refractivity contribution in [1.82, 2.24) is 9.80 Å². The lowest BCUT2D eigenvalue weighted by Gasteiger charge is -2.26. The van der Waals surface area contributed by atoms with Gasteiger partial charge in [0.2, 0.25) is 0 Å². The van der Waals surface area contributed by atoms with Crippen LogP contribution in [0.3, 0.4) is 0 Å². The van der Waals surface area contributed by atoms with Crippen LogP contribution in [-0.4, -0.2) is 60.8 Å². The zero-order chi connectivity index (χ0) is 26.6. The molecule has 1 aromatic heterocycles. The predicted molar refractivity (Wildman–Crippen MR) is 159 cm³/mol. The van der Waals surface area contributed by atoms with Crippen LogP contribution in [0.15, 0.2) is 65.8 Å². The molecule has 3 heterocycles. The van der Waals surface area contributed by atoms with Crippen molar-refractivity contribution < 1.29 is 9.84 Å². The number of thiophene rings is 1. The maximum absolute atomic E-state index is 11.8. The number of fused-ring (bicyclic) bond motifs is 1. The molecule has 0 bridgehead atoms. The van der Waals surface area contributed by atoms with Gasteiger partial charge >= 0.3 is 0 Å². The van der Waals surface area contributed by atoms with Crippen LogP contribution in [0.4, 0.5) is 5.69 Å². The Balaban J connectivity index is 1.27. The Morgan fingerprint density at radius 2 is 1.64 bits per heavy atom. The third-order valence-electron chi connectivity index (χ3n) is 8.03. The first-order chi connectivity index (χ1) is 19.2. The highest BCUT2D eigenvalue weighted by atomic mass is 32.1. The van der Waals surface area contributed by atoms with Crippen LogP contribution >= 0.6 is 11.3 Å². The average Bonchev–Trinajstić information content (AvgIpc) is 3.61. The van der Waals surface area contributed by atoms with Gasteiger partial charge in [-0.25, -0.2) is 0 Å². The molecule has 0 saturated carbocycles. The zero-order valence-corrected chi connectivity index (χ0v) is 23.1. The molecule has 2 fully saturated rings. The van der Waals surface area contributed by atoms with Crippen molar-refractivity contribution >= 4 is 27.1 Å². The Bertz CT molecular complexity index is 1440. The van der Waals surface area contributed by atoms with E-state index in [1.165, 1.54) is 47.5 Å². The quantitative estimate of drug-likeness (QED) is 0.238. The smallest absolute Gasteiger partial charge is 0.117 e. The number of likely N-dealkylation sites (tertiary alicyclic amines) is 1. The molecule has 0 unspecified atom stereocenters. The van der Waals surface area contributed by atoms with E-state index < -0.39 is 0 Å². The highest BCUT2D eigenvalue weighted by molar-refractivity contribution is 7.22. The molecule has 0 aliphatic carbocycles. The van der Waals surface area contributed by atoms with Gasteiger partial charge in [0.15, 0.2) is 0 Å². The van der Waals surface area contributed by atoms with Crippen LogP contribution in [-0.2, 0) is 24.1 Å². The standard InChI is InChI=1S/C32H35N3O3S/c36-27-9-10-28-29(19-24-5-8-26(30(20-24)33-37)22-35-15-17-38-18-16-35)32(39-31(28)21-27)25-6-3-23(4-7-25)11-14-34-12-1-2-13-34/h3-10,20-21,36H,1-2,11-19,22H2. The summed E-state index contributed by atoms with van der Waals surface area (Å²) in [5.74, 6) is 0.277. The fourth-order valence-electron chi connectivity index (χ4n) is 5.81. The first-order valence-corrected chi connectivity index (χ1v) is 14.8. The minimum atomic E-state index is 0.277. The third kappa shape index (κ3) is 6.07. The predicted octanol–water partition coefficient (Wildman–Crippen LogP) is 6.73. The number of hydrogen-bond donors (Lipinski definition) is 1. The maximum atomic E-state index is 11.8. The summed E-state index contributed by atoms with van der Waals surface area (Å²) in [6.45, 7) is 7.48. The van der Waals surface area contributed by atoms with E-state index in [2.05, 4.69) is 51.4 Å². The SMILES string of the molecule is O=Nc1cc(Cc2c(-c3ccc(CCN4CCCC4)cc3)sc3cc(O)ccc23)ccc1CN1CCOCC1. The molecule has 4 aromatic rings. The van der Waals surface area contributed by atoms with Crippen LogP contribution < -0.4 is 0 Å². The van der Waals surface area contributed by atoms with Gasteiger partial charge in [-0.2, -0.15) is 0 Å². The first-order valence-electron chi connectivity index (χ1n) is 14.0. The summed E-state index contributed by atoms with van der Waals surface area (Å²) in [6.07, 6.45) is 4.41. The Labute approximate surface area is 233 Å². The van der Waals surface area contributed by atoms with Crippen molar-refractivity contribution in [3.63, 3.8) is 0 Å². The number of aromatic hydroxyl groups is 1. The van der Waals surface area contributed by atoms with E-state index in [0.29, 0.717) is 18.7 Å². The molecule has 0 radical (unpaired) electrons. The van der Waals surface area contributed by atoms with Crippen LogP contribution in [0.5, 0.6) is 5.75 Å². The van der Waals surface area contributed by atoms with Crippen molar-refractivity contribution in [2.24, 2.45) is 5.18 Å². The van der Waals surface area contributed by atoms with Gasteiger partial charge in [-0.3, -0.25) is 4.90 Å². The van der Waals surface area contributed by atoms with Crippen LogP contribution in [0.1, 0.15) is 35.1 Å². The highest BCUT2D eigenvalue weighted by Crippen LogP contribution is 2.41. The summed E-state index contributed by atoms with van der Waals surface area (Å²) in [6, 6.07) is 20.7. The van der Waals surface area contributed by atoms with E-state index in [-0.39, 0.29) is 5.75 Å². The molecule has 2 aliphatic rings. The molecule has 39 heavy (non-hydrogen) atoms. The summed E-state index contributed by atoms with van der Waals surface area (Å²) in [5, 5.41) is 14.7. The normalized spacial score (nSPS) is 16.7. The Kier molecular flexibility index (Phi) is 8.02. The van der Waals surface area contributed by atoms with Crippen LogP contribution in [0.25, 0.3) is 20.5 Å². The zero-order valence-electron chi connectivity index (χ0n) is 22.3. The number of hydrogen-bond acceptors (Lipinski definition) is 7. The second-order valence-electron chi connectivity index (χ2n) is 10.7. The monoisotopic (exact) mass is 541 g/mol. The summed E-state index contributed by atoms with van der Waals surface area (Å²) in [7, 11) is 0. The Morgan fingerprint density at radius 1 is 0.872 bits per heavy atom. The largest absolute Gasteiger partial charge is 0.508 e. The lowest BCUT2D eigenvalue weighted by atomic mass is 9.97. The van der Waals surface area contributed by atoms with E-state index in [0.717, 1.165) is 60.5 Å². The van der Waals surface area contributed by atoms with Crippen LogP contribution in [0, 0.1) is 4.91 Å². The molecule has 7 heteroatoms. The Hall–Kier alpha value is -3.10. The van der Waals surface area contributed by atoms with Gasteiger partial charge in [-0.15, -0.1) is 16.2 Å². The third-order valence-corrected chi connectivity index (χ3v) is 9.28. The molecule has 0 spiro atoms. The number of phenolic OH excluding ortho intramolecular Hbond substituents is 1. The van der Waals surface area contributed by atoms with Gasteiger partial charge in [-0.1, -0.05) is 36.4 Å². The number of rotatable bonds is 9. The second-order valence-corrected chi connectivity index (χ2v) is 11.8. The van der Waals surface area contributed by atoms with Gasteiger partial charge in [0.25, 0.3) is 0 Å². The van der Waals surface area contributed by atoms with Gasteiger partial charge in [0, 0.05) is 35.8 Å². The van der Waals surface area contributed by atoms with Crippen molar-refractivity contribution in [1.29, 1.82) is 0 Å². The maximum Gasteiger partial charge on any atom is 0.117 e. The topological polar surface area (TPSA) is 65.4 Å². The molecule has 2 aliphatic heterocycles. The molecule has 6 rings (SSSR count). The number of phenols is 1. The number of nitrogens with zero attached hydrogens (tertiary/aromatic N) is 3. The molecule has 0 amide bonds. The second kappa shape index (κ2) is 12.0. The minimum Gasteiger partial charge on any atom is -0.508 e. The lowest BCUT2D eigenvalue weighted by Crippen LogP contribution is -2.35. The molecule has 1 N–H and O–H groups in total. The number of ether oxygens (including phenoxy) is 1. The summed E-state index contributed by atoms with van der Waals surface area (Å²) in [5.41, 5.74) is 6.31. The van der Waals surface area contributed by atoms with Crippen molar-refractivity contribution in [2.45, 2.75) is 32.2 Å². The molecule has 0 atom stereocenters. The average molecular weight is 542 g/mol. The number of benzene rings is 3. The van der Waals surface area contributed by atoms with Gasteiger partial charge in [-0.05, 0) is 101 Å². The van der Waals surface area contributed by atoms with E-state index >= 15 is 0 Å².